The first-order chi connectivity index (χ1) is 7.27. The van der Waals surface area contributed by atoms with Crippen LogP contribution in [0.2, 0.25) is 5.02 Å². The standard InChI is InChI=1S/C11H12ClNO2/c12-7-1-2-8-10(15-6-14-8)9(7)11(5-13)3-4-11/h1-2H,3-6,13H2. The number of hydrogen-bond acceptors (Lipinski definition) is 3. The average Bonchev–Trinajstić information content (AvgIpc) is 2.88. The molecule has 80 valence electrons. The van der Waals surface area contributed by atoms with E-state index in [0.29, 0.717) is 6.54 Å². The molecule has 1 aliphatic carbocycles. The lowest BCUT2D eigenvalue weighted by Gasteiger charge is -2.16. The number of hydrogen-bond donors (Lipinski definition) is 1. The van der Waals surface area contributed by atoms with Crippen LogP contribution in [-0.4, -0.2) is 13.3 Å². The van der Waals surface area contributed by atoms with Gasteiger partial charge in [0.25, 0.3) is 0 Å². The molecule has 3 rings (SSSR count). The second-order valence-electron chi connectivity index (χ2n) is 4.14. The summed E-state index contributed by atoms with van der Waals surface area (Å²) in [5.74, 6) is 1.58. The van der Waals surface area contributed by atoms with E-state index in [1.807, 2.05) is 12.1 Å². The summed E-state index contributed by atoms with van der Waals surface area (Å²) in [6.07, 6.45) is 2.17. The molecule has 2 N–H and O–H groups in total. The Hall–Kier alpha value is -0.930. The molecule has 3 nitrogen and oxygen atoms in total. The smallest absolute Gasteiger partial charge is 0.231 e. The molecule has 1 saturated carbocycles. The van der Waals surface area contributed by atoms with Crippen molar-refractivity contribution in [3.63, 3.8) is 0 Å². The molecule has 4 heteroatoms. The van der Waals surface area contributed by atoms with Crippen LogP contribution in [0.25, 0.3) is 0 Å². The quantitative estimate of drug-likeness (QED) is 0.838. The van der Waals surface area contributed by atoms with Crippen LogP contribution in [-0.2, 0) is 5.41 Å². The lowest BCUT2D eigenvalue weighted by molar-refractivity contribution is 0.173. The molecule has 0 radical (unpaired) electrons. The molecule has 15 heavy (non-hydrogen) atoms. The highest BCUT2D eigenvalue weighted by Gasteiger charge is 2.47. The van der Waals surface area contributed by atoms with Gasteiger partial charge in [0, 0.05) is 22.5 Å². The van der Waals surface area contributed by atoms with E-state index in [1.165, 1.54) is 0 Å². The molecule has 0 unspecified atom stereocenters. The third-order valence-corrected chi connectivity index (χ3v) is 3.58. The molecule has 0 bridgehead atoms. The zero-order valence-corrected chi connectivity index (χ0v) is 9.01. The van der Waals surface area contributed by atoms with Crippen molar-refractivity contribution in [2.45, 2.75) is 18.3 Å². The first-order valence-corrected chi connectivity index (χ1v) is 5.43. The highest BCUT2D eigenvalue weighted by atomic mass is 35.5. The Morgan fingerprint density at radius 2 is 2.13 bits per heavy atom. The van der Waals surface area contributed by atoms with E-state index in [9.17, 15) is 0 Å². The van der Waals surface area contributed by atoms with Gasteiger partial charge in [-0.2, -0.15) is 0 Å². The largest absolute Gasteiger partial charge is 0.454 e. The first-order valence-electron chi connectivity index (χ1n) is 5.05. The van der Waals surface area contributed by atoms with E-state index >= 15 is 0 Å². The van der Waals surface area contributed by atoms with Crippen LogP contribution >= 0.6 is 11.6 Å². The molecule has 0 saturated heterocycles. The highest BCUT2D eigenvalue weighted by molar-refractivity contribution is 6.31. The van der Waals surface area contributed by atoms with Crippen molar-refractivity contribution >= 4 is 11.6 Å². The Morgan fingerprint density at radius 3 is 2.80 bits per heavy atom. The minimum absolute atomic E-state index is 0.0378. The Bertz CT molecular complexity index is 415. The van der Waals surface area contributed by atoms with E-state index < -0.39 is 0 Å². The number of halogens is 1. The predicted octanol–water partition coefficient (Wildman–Crippen LogP) is 2.06. The van der Waals surface area contributed by atoms with Crippen LogP contribution in [0.3, 0.4) is 0 Å². The van der Waals surface area contributed by atoms with Crippen molar-refractivity contribution in [1.82, 2.24) is 0 Å². The Kier molecular flexibility index (Phi) is 1.88. The van der Waals surface area contributed by atoms with Crippen molar-refractivity contribution in [1.29, 1.82) is 0 Å². The second kappa shape index (κ2) is 3.03. The summed E-state index contributed by atoms with van der Waals surface area (Å²) in [6, 6.07) is 3.71. The fourth-order valence-corrected chi connectivity index (χ4v) is 2.50. The summed E-state index contributed by atoms with van der Waals surface area (Å²) in [4.78, 5) is 0. The van der Waals surface area contributed by atoms with Gasteiger partial charge in [-0.25, -0.2) is 0 Å². The summed E-state index contributed by atoms with van der Waals surface area (Å²) < 4.78 is 10.8. The van der Waals surface area contributed by atoms with Gasteiger partial charge >= 0.3 is 0 Å². The molecular weight excluding hydrogens is 214 g/mol. The number of ether oxygens (including phenoxy) is 2. The van der Waals surface area contributed by atoms with Crippen molar-refractivity contribution in [2.75, 3.05) is 13.3 Å². The minimum Gasteiger partial charge on any atom is -0.454 e. The van der Waals surface area contributed by atoms with E-state index in [1.54, 1.807) is 0 Å². The number of fused-ring (bicyclic) bond motifs is 1. The summed E-state index contributed by atoms with van der Waals surface area (Å²) in [6.45, 7) is 0.899. The van der Waals surface area contributed by atoms with Crippen LogP contribution in [0.1, 0.15) is 18.4 Å². The van der Waals surface area contributed by atoms with Crippen molar-refractivity contribution in [2.24, 2.45) is 5.73 Å². The molecule has 0 amide bonds. The van der Waals surface area contributed by atoms with Crippen LogP contribution in [0.15, 0.2) is 12.1 Å². The average molecular weight is 226 g/mol. The summed E-state index contributed by atoms with van der Waals surface area (Å²) in [7, 11) is 0. The molecule has 1 heterocycles. The normalized spacial score (nSPS) is 20.4. The lowest BCUT2D eigenvalue weighted by Crippen LogP contribution is -2.20. The molecule has 0 aromatic heterocycles. The van der Waals surface area contributed by atoms with Crippen molar-refractivity contribution in [3.05, 3.63) is 22.7 Å². The fraction of sp³-hybridized carbons (Fsp3) is 0.455. The van der Waals surface area contributed by atoms with E-state index in [4.69, 9.17) is 26.8 Å². The van der Waals surface area contributed by atoms with E-state index in [2.05, 4.69) is 0 Å². The van der Waals surface area contributed by atoms with Gasteiger partial charge in [-0.1, -0.05) is 11.6 Å². The van der Waals surface area contributed by atoms with E-state index in [0.717, 1.165) is 34.9 Å². The maximum absolute atomic E-state index is 6.22. The molecule has 0 atom stereocenters. The van der Waals surface area contributed by atoms with Gasteiger partial charge in [-0.05, 0) is 25.0 Å². The van der Waals surface area contributed by atoms with Crippen LogP contribution < -0.4 is 15.2 Å². The number of nitrogens with two attached hydrogens (primary N) is 1. The monoisotopic (exact) mass is 225 g/mol. The summed E-state index contributed by atoms with van der Waals surface area (Å²) >= 11 is 6.22. The Balaban J connectivity index is 2.17. The molecular formula is C11H12ClNO2. The maximum Gasteiger partial charge on any atom is 0.231 e. The van der Waals surface area contributed by atoms with Gasteiger partial charge in [-0.15, -0.1) is 0 Å². The number of benzene rings is 1. The molecule has 1 aromatic carbocycles. The zero-order valence-electron chi connectivity index (χ0n) is 8.25. The first kappa shape index (κ1) is 9.31. The van der Waals surface area contributed by atoms with Crippen molar-refractivity contribution in [3.8, 4) is 11.5 Å². The third-order valence-electron chi connectivity index (χ3n) is 3.26. The van der Waals surface area contributed by atoms with E-state index in [-0.39, 0.29) is 12.2 Å². The van der Waals surface area contributed by atoms with Crippen LogP contribution in [0.5, 0.6) is 11.5 Å². The van der Waals surface area contributed by atoms with Crippen molar-refractivity contribution < 1.29 is 9.47 Å². The minimum atomic E-state index is 0.0378. The fourth-order valence-electron chi connectivity index (χ4n) is 2.15. The maximum atomic E-state index is 6.22. The number of rotatable bonds is 2. The van der Waals surface area contributed by atoms with Gasteiger partial charge in [0.05, 0.1) is 0 Å². The zero-order chi connectivity index (χ0) is 10.5. The van der Waals surface area contributed by atoms with Gasteiger partial charge in [0.1, 0.15) is 0 Å². The van der Waals surface area contributed by atoms with Crippen LogP contribution in [0.4, 0.5) is 0 Å². The molecule has 1 aromatic rings. The van der Waals surface area contributed by atoms with Gasteiger partial charge in [0.15, 0.2) is 11.5 Å². The highest BCUT2D eigenvalue weighted by Crippen LogP contribution is 2.56. The summed E-state index contributed by atoms with van der Waals surface area (Å²) in [5.41, 5.74) is 6.89. The second-order valence-corrected chi connectivity index (χ2v) is 4.55. The van der Waals surface area contributed by atoms with Gasteiger partial charge in [0.2, 0.25) is 6.79 Å². The van der Waals surface area contributed by atoms with Crippen LogP contribution in [0, 0.1) is 0 Å². The predicted molar refractivity (Wildman–Crippen MR) is 57.5 cm³/mol. The topological polar surface area (TPSA) is 44.5 Å². The molecule has 1 aliphatic heterocycles. The summed E-state index contributed by atoms with van der Waals surface area (Å²) in [5, 5.41) is 0.738. The van der Waals surface area contributed by atoms with Gasteiger partial charge < -0.3 is 15.2 Å². The van der Waals surface area contributed by atoms with Gasteiger partial charge in [-0.3, -0.25) is 0 Å². The Morgan fingerprint density at radius 1 is 1.33 bits per heavy atom. The lowest BCUT2D eigenvalue weighted by atomic mass is 9.94. The SMILES string of the molecule is NCC1(c2c(Cl)ccc3c2OCO3)CC1. The molecule has 0 spiro atoms. The Labute approximate surface area is 93.1 Å². The third kappa shape index (κ3) is 1.23. The molecule has 1 fully saturated rings. The molecule has 2 aliphatic rings.